The molecule has 0 bridgehead atoms. The van der Waals surface area contributed by atoms with Gasteiger partial charge in [0.15, 0.2) is 55.3 Å². The van der Waals surface area contributed by atoms with Crippen LogP contribution in [0.2, 0.25) is 0 Å². The van der Waals surface area contributed by atoms with Gasteiger partial charge in [-0.1, -0.05) is 139 Å². The summed E-state index contributed by atoms with van der Waals surface area (Å²) in [5.41, 5.74) is -3.33. The Morgan fingerprint density at radius 2 is 0.602 bits per heavy atom. The average molecular weight is 1360 g/mol. The number of hydrogen-bond donors (Lipinski definition) is 0. The van der Waals surface area contributed by atoms with Gasteiger partial charge in [0.25, 0.3) is 0 Å². The molecule has 22 heteroatoms. The SMILES string of the molecule is C[C@@H]1O[C@@H](O[C@@H]2[C@@H](OC(=O)C(C)(C)C)[C@H](O[C@@H]3O[C@@H](C)[C@H](OC(=O)c4ccccc4)[C@@H](OC(=O)c4ccccc4)[C@H]3OC(=O)c3ccccc3)[C@@H](COC(=O)C(C)(C)C)O[C@H]2Sc2ccccc2)[C@H](OC(=O)c2ccccc2)[C@H](OC(=O)c2ccccc2)[C@H]1OC(=O)c1ccccc1. The summed E-state index contributed by atoms with van der Waals surface area (Å²) in [6, 6.07) is 56.4. The van der Waals surface area contributed by atoms with Crippen molar-refractivity contribution in [3.05, 3.63) is 246 Å². The van der Waals surface area contributed by atoms with E-state index in [4.69, 9.17) is 61.6 Å². The second-order valence-corrected chi connectivity index (χ2v) is 26.7. The van der Waals surface area contributed by atoms with Gasteiger partial charge < -0.3 is 61.6 Å². The van der Waals surface area contributed by atoms with Crippen LogP contribution in [-0.4, -0.2) is 146 Å². The van der Waals surface area contributed by atoms with Crippen molar-refractivity contribution in [2.45, 2.75) is 152 Å². The third-order valence-electron chi connectivity index (χ3n) is 16.0. The highest BCUT2D eigenvalue weighted by atomic mass is 32.2. The molecule has 0 unspecified atom stereocenters. The number of carbonyl (C=O) groups excluding carboxylic acids is 8. The molecule has 3 aliphatic rings. The molecule has 0 saturated carbocycles. The molecule has 512 valence electrons. The summed E-state index contributed by atoms with van der Waals surface area (Å²) in [6.45, 7) is 12.1. The predicted octanol–water partition coefficient (Wildman–Crippen LogP) is 11.7. The highest BCUT2D eigenvalue weighted by Crippen LogP contribution is 2.43. The van der Waals surface area contributed by atoms with Crippen LogP contribution < -0.4 is 0 Å². The van der Waals surface area contributed by atoms with E-state index in [9.17, 15) is 33.6 Å². The van der Waals surface area contributed by atoms with E-state index in [1.54, 1.807) is 181 Å². The molecule has 7 aromatic carbocycles. The second-order valence-electron chi connectivity index (χ2n) is 25.5. The quantitative estimate of drug-likeness (QED) is 0.0478. The zero-order chi connectivity index (χ0) is 69.7. The summed E-state index contributed by atoms with van der Waals surface area (Å²) in [4.78, 5) is 117. The van der Waals surface area contributed by atoms with Crippen LogP contribution in [0.5, 0.6) is 0 Å². The molecule has 3 saturated heterocycles. The van der Waals surface area contributed by atoms with Crippen molar-refractivity contribution >= 4 is 59.5 Å². The maximum atomic E-state index is 15.1. The van der Waals surface area contributed by atoms with Gasteiger partial charge in [-0.15, -0.1) is 0 Å². The van der Waals surface area contributed by atoms with Crippen LogP contribution >= 0.6 is 11.8 Å². The highest BCUT2D eigenvalue weighted by molar-refractivity contribution is 7.99. The summed E-state index contributed by atoms with van der Waals surface area (Å²) in [7, 11) is 0. The summed E-state index contributed by atoms with van der Waals surface area (Å²) in [5, 5.41) is 0. The first kappa shape index (κ1) is 71.2. The molecule has 3 heterocycles. The van der Waals surface area contributed by atoms with Gasteiger partial charge in [0.1, 0.15) is 30.4 Å². The molecule has 21 nitrogen and oxygen atoms in total. The minimum atomic E-state index is -1.92. The average Bonchev–Trinajstić information content (AvgIpc) is 0.762. The van der Waals surface area contributed by atoms with Gasteiger partial charge in [-0.2, -0.15) is 0 Å². The van der Waals surface area contributed by atoms with Gasteiger partial charge in [-0.3, -0.25) is 9.59 Å². The maximum Gasteiger partial charge on any atom is 0.338 e. The molecule has 15 atom stereocenters. The summed E-state index contributed by atoms with van der Waals surface area (Å²) >= 11 is 1.08. The van der Waals surface area contributed by atoms with E-state index in [2.05, 4.69) is 0 Å². The standard InChI is InChI=1S/C76H76O21S/c1-45-55(89-64(77)47-30-16-9-17-31-47)58(91-66(79)49-34-20-11-21-35-49)61(93-68(81)51-38-24-13-25-39-51)70(86-45)95-57-54(44-85-73(83)75(3,4)5)88-72(98-53-42-28-15-29-43-53)63(60(57)97-74(84)76(6,7)8)96-71-62(94-69(82)52-40-26-14-27-41-52)59(92-67(80)50-36-22-12-23-37-50)56(46(2)87-71)90-65(78)48-32-18-10-19-33-48/h9-43,45-46,54-63,70-72H,44H2,1-8H3/t45-,46-,54+,55-,56-,57+,58+,59+,60-,61+,62+,63+,70-,71-,72-/m0/s1. The van der Waals surface area contributed by atoms with Gasteiger partial charge in [-0.25, -0.2) is 28.8 Å². The minimum Gasteiger partial charge on any atom is -0.462 e. The fourth-order valence-electron chi connectivity index (χ4n) is 10.8. The minimum absolute atomic E-state index is 0.0316. The maximum absolute atomic E-state index is 15.1. The molecule has 0 aromatic heterocycles. The molecule has 0 N–H and O–H groups in total. The topological polar surface area (TPSA) is 257 Å². The Bertz CT molecular complexity index is 3840. The molecular weight excluding hydrogens is 1280 g/mol. The molecule has 3 aliphatic heterocycles. The van der Waals surface area contributed by atoms with Crippen LogP contribution in [0.3, 0.4) is 0 Å². The Kier molecular flexibility index (Phi) is 23.4. The lowest BCUT2D eigenvalue weighted by Crippen LogP contribution is -2.68. The Balaban J connectivity index is 1.14. The first-order valence-electron chi connectivity index (χ1n) is 31.9. The summed E-state index contributed by atoms with van der Waals surface area (Å²) < 4.78 is 86.0. The van der Waals surface area contributed by atoms with E-state index in [1.807, 2.05) is 0 Å². The van der Waals surface area contributed by atoms with E-state index >= 15 is 4.79 Å². The number of esters is 8. The van der Waals surface area contributed by atoms with Gasteiger partial charge in [-0.05, 0) is 140 Å². The lowest BCUT2D eigenvalue weighted by Gasteiger charge is -2.50. The van der Waals surface area contributed by atoms with Crippen molar-refractivity contribution in [2.24, 2.45) is 10.8 Å². The van der Waals surface area contributed by atoms with E-state index < -0.39 is 156 Å². The van der Waals surface area contributed by atoms with E-state index in [0.29, 0.717) is 4.90 Å². The van der Waals surface area contributed by atoms with Crippen LogP contribution in [-0.2, 0) is 71.2 Å². The molecule has 7 aromatic rings. The van der Waals surface area contributed by atoms with E-state index in [0.717, 1.165) is 11.8 Å². The molecule has 10 rings (SSSR count). The summed E-state index contributed by atoms with van der Waals surface area (Å²) in [6.07, 6.45) is -23.5. The second kappa shape index (κ2) is 32.2. The van der Waals surface area contributed by atoms with Crippen molar-refractivity contribution in [2.75, 3.05) is 6.61 Å². The molecule has 3 fully saturated rings. The van der Waals surface area contributed by atoms with Crippen molar-refractivity contribution in [3.8, 4) is 0 Å². The van der Waals surface area contributed by atoms with Crippen molar-refractivity contribution < 1.29 is 99.9 Å². The molecule has 0 spiro atoms. The number of benzene rings is 7. The molecule has 98 heavy (non-hydrogen) atoms. The molecular formula is C76H76O21S. The normalized spacial score (nSPS) is 25.4. The zero-order valence-electron chi connectivity index (χ0n) is 55.1. The number of rotatable bonds is 21. The molecule has 0 amide bonds. The van der Waals surface area contributed by atoms with Crippen LogP contribution in [0.15, 0.2) is 217 Å². The van der Waals surface area contributed by atoms with Crippen molar-refractivity contribution in [1.82, 2.24) is 0 Å². The molecule has 0 aliphatic carbocycles. The van der Waals surface area contributed by atoms with E-state index in [1.165, 1.54) is 86.6 Å². The third kappa shape index (κ3) is 18.0. The van der Waals surface area contributed by atoms with Crippen LogP contribution in [0, 0.1) is 10.8 Å². The zero-order valence-corrected chi connectivity index (χ0v) is 55.9. The Hall–Kier alpha value is -9.55. The van der Waals surface area contributed by atoms with Gasteiger partial charge >= 0.3 is 47.8 Å². The van der Waals surface area contributed by atoms with Crippen molar-refractivity contribution in [3.63, 3.8) is 0 Å². The van der Waals surface area contributed by atoms with Crippen LogP contribution in [0.4, 0.5) is 0 Å². The van der Waals surface area contributed by atoms with Gasteiger partial charge in [0.05, 0.1) is 56.4 Å². The Morgan fingerprint density at radius 3 is 0.918 bits per heavy atom. The fraction of sp³-hybridized carbons (Fsp3) is 0.342. The Labute approximate surface area is 571 Å². The monoisotopic (exact) mass is 1360 g/mol. The Morgan fingerprint density at radius 1 is 0.327 bits per heavy atom. The predicted molar refractivity (Wildman–Crippen MR) is 353 cm³/mol. The number of thioether (sulfide) groups is 1. The largest absolute Gasteiger partial charge is 0.462 e. The third-order valence-corrected chi connectivity index (χ3v) is 17.1. The number of ether oxygens (including phenoxy) is 13. The fourth-order valence-corrected chi connectivity index (χ4v) is 11.9. The first-order chi connectivity index (χ1) is 47.0. The lowest BCUT2D eigenvalue weighted by molar-refractivity contribution is -0.354. The first-order valence-corrected chi connectivity index (χ1v) is 32.8. The van der Waals surface area contributed by atoms with Gasteiger partial charge in [0.2, 0.25) is 0 Å². The lowest BCUT2D eigenvalue weighted by atomic mass is 9.94. The molecule has 0 radical (unpaired) electrons. The van der Waals surface area contributed by atoms with Crippen LogP contribution in [0.25, 0.3) is 0 Å². The van der Waals surface area contributed by atoms with E-state index in [-0.39, 0.29) is 33.4 Å². The van der Waals surface area contributed by atoms with Crippen LogP contribution in [0.1, 0.15) is 118 Å². The number of carbonyl (C=O) groups is 8. The summed E-state index contributed by atoms with van der Waals surface area (Å²) in [5.74, 6) is -7.03. The van der Waals surface area contributed by atoms with Crippen molar-refractivity contribution in [1.29, 1.82) is 0 Å². The smallest absolute Gasteiger partial charge is 0.338 e. The highest BCUT2D eigenvalue weighted by Gasteiger charge is 2.60. The number of hydrogen-bond acceptors (Lipinski definition) is 22. The van der Waals surface area contributed by atoms with Gasteiger partial charge in [0, 0.05) is 4.90 Å².